The van der Waals surface area contributed by atoms with Crippen LogP contribution >= 0.6 is 22.6 Å². The van der Waals surface area contributed by atoms with Crippen LogP contribution in [0.2, 0.25) is 0 Å². The van der Waals surface area contributed by atoms with E-state index in [4.69, 9.17) is 4.74 Å². The molecule has 0 unspecified atom stereocenters. The third-order valence-electron chi connectivity index (χ3n) is 2.69. The number of halogens is 1. The minimum absolute atomic E-state index is 0.173. The highest BCUT2D eigenvalue weighted by atomic mass is 127. The van der Waals surface area contributed by atoms with Crippen molar-refractivity contribution in [2.75, 3.05) is 6.61 Å². The molecule has 0 bridgehead atoms. The van der Waals surface area contributed by atoms with Gasteiger partial charge in [-0.05, 0) is 53.1 Å². The molecule has 84 valence electrons. The van der Waals surface area contributed by atoms with Gasteiger partial charge in [-0.2, -0.15) is 0 Å². The van der Waals surface area contributed by atoms with Crippen molar-refractivity contribution >= 4 is 28.6 Å². The van der Waals surface area contributed by atoms with E-state index in [1.807, 2.05) is 13.0 Å². The topological polar surface area (TPSA) is 26.3 Å². The second-order valence-corrected chi connectivity index (χ2v) is 4.87. The van der Waals surface area contributed by atoms with Gasteiger partial charge >= 0.3 is 5.97 Å². The third kappa shape index (κ3) is 2.29. The van der Waals surface area contributed by atoms with E-state index in [0.717, 1.165) is 12.0 Å². The summed E-state index contributed by atoms with van der Waals surface area (Å²) in [6.45, 7) is 2.27. The van der Waals surface area contributed by atoms with Crippen molar-refractivity contribution in [3.05, 3.63) is 44.5 Å². The van der Waals surface area contributed by atoms with E-state index in [-0.39, 0.29) is 5.97 Å². The predicted molar refractivity (Wildman–Crippen MR) is 71.3 cm³/mol. The number of esters is 1. The molecule has 2 rings (SSSR count). The number of ether oxygens (including phenoxy) is 1. The standard InChI is InChI=1S/C13H13IO2/c1-2-16-13(15)10-7-6-9-4-3-5-12(14)11(9)8-10/h3-5,7H,2,6,8H2,1H3. The molecule has 0 heterocycles. The molecule has 0 amide bonds. The molecule has 0 atom stereocenters. The molecule has 3 heteroatoms. The monoisotopic (exact) mass is 328 g/mol. The highest BCUT2D eigenvalue weighted by Gasteiger charge is 2.18. The summed E-state index contributed by atoms with van der Waals surface area (Å²) in [6, 6.07) is 6.26. The normalized spacial score (nSPS) is 14.0. The fraction of sp³-hybridized carbons (Fsp3) is 0.308. The molecule has 1 aliphatic carbocycles. The maximum atomic E-state index is 11.6. The van der Waals surface area contributed by atoms with Gasteiger partial charge in [-0.15, -0.1) is 0 Å². The maximum Gasteiger partial charge on any atom is 0.334 e. The Morgan fingerprint density at radius 2 is 2.31 bits per heavy atom. The lowest BCUT2D eigenvalue weighted by Crippen LogP contribution is -2.15. The van der Waals surface area contributed by atoms with Crippen molar-refractivity contribution in [1.29, 1.82) is 0 Å². The van der Waals surface area contributed by atoms with E-state index in [9.17, 15) is 4.79 Å². The van der Waals surface area contributed by atoms with E-state index in [2.05, 4.69) is 40.8 Å². The van der Waals surface area contributed by atoms with E-state index in [0.29, 0.717) is 13.0 Å². The summed E-state index contributed by atoms with van der Waals surface area (Å²) < 4.78 is 6.25. The first-order valence-corrected chi connectivity index (χ1v) is 6.42. The van der Waals surface area contributed by atoms with Gasteiger partial charge in [0.05, 0.1) is 6.61 Å². The first kappa shape index (κ1) is 11.6. The van der Waals surface area contributed by atoms with Gasteiger partial charge in [0.15, 0.2) is 0 Å². The third-order valence-corrected chi connectivity index (χ3v) is 3.70. The van der Waals surface area contributed by atoms with E-state index in [1.165, 1.54) is 14.7 Å². The second kappa shape index (κ2) is 4.99. The van der Waals surface area contributed by atoms with E-state index in [1.54, 1.807) is 0 Å². The fourth-order valence-corrected chi connectivity index (χ4v) is 2.61. The van der Waals surface area contributed by atoms with Crippen molar-refractivity contribution < 1.29 is 9.53 Å². The van der Waals surface area contributed by atoms with Crippen LogP contribution in [0.4, 0.5) is 0 Å². The van der Waals surface area contributed by atoms with Gasteiger partial charge < -0.3 is 4.74 Å². The molecule has 0 aliphatic heterocycles. The Balaban J connectivity index is 2.23. The predicted octanol–water partition coefficient (Wildman–Crippen LogP) is 2.88. The zero-order valence-electron chi connectivity index (χ0n) is 9.13. The summed E-state index contributed by atoms with van der Waals surface area (Å²) in [5, 5.41) is 0. The molecule has 0 N–H and O–H groups in total. The Labute approximate surface area is 109 Å². The lowest BCUT2D eigenvalue weighted by atomic mass is 9.92. The Kier molecular flexibility index (Phi) is 3.63. The molecule has 0 fully saturated rings. The van der Waals surface area contributed by atoms with Crippen LogP contribution in [0.3, 0.4) is 0 Å². The van der Waals surface area contributed by atoms with Crippen molar-refractivity contribution in [2.45, 2.75) is 19.8 Å². The number of allylic oxidation sites excluding steroid dienone is 1. The highest BCUT2D eigenvalue weighted by molar-refractivity contribution is 14.1. The average Bonchev–Trinajstić information content (AvgIpc) is 2.29. The van der Waals surface area contributed by atoms with Crippen molar-refractivity contribution in [1.82, 2.24) is 0 Å². The molecule has 16 heavy (non-hydrogen) atoms. The van der Waals surface area contributed by atoms with Crippen LogP contribution in [-0.4, -0.2) is 12.6 Å². The highest BCUT2D eigenvalue weighted by Crippen LogP contribution is 2.26. The van der Waals surface area contributed by atoms with Crippen molar-refractivity contribution in [3.8, 4) is 0 Å². The van der Waals surface area contributed by atoms with Crippen molar-refractivity contribution in [3.63, 3.8) is 0 Å². The molecule has 1 aliphatic rings. The molecule has 0 radical (unpaired) electrons. The Morgan fingerprint density at radius 3 is 3.06 bits per heavy atom. The smallest absolute Gasteiger partial charge is 0.334 e. The van der Waals surface area contributed by atoms with E-state index < -0.39 is 0 Å². The molecule has 0 saturated carbocycles. The van der Waals surface area contributed by atoms with Crippen LogP contribution in [0, 0.1) is 3.57 Å². The zero-order chi connectivity index (χ0) is 11.5. The summed E-state index contributed by atoms with van der Waals surface area (Å²) in [5.41, 5.74) is 3.38. The lowest BCUT2D eigenvalue weighted by Gasteiger charge is -2.17. The van der Waals surface area contributed by atoms with Gasteiger partial charge in [-0.25, -0.2) is 4.79 Å². The van der Waals surface area contributed by atoms with Gasteiger partial charge in [0.2, 0.25) is 0 Å². The van der Waals surface area contributed by atoms with E-state index >= 15 is 0 Å². The van der Waals surface area contributed by atoms with Crippen LogP contribution in [0.25, 0.3) is 0 Å². The number of hydrogen-bond acceptors (Lipinski definition) is 2. The average molecular weight is 328 g/mol. The second-order valence-electron chi connectivity index (χ2n) is 3.71. The molecule has 0 spiro atoms. The molecule has 1 aromatic carbocycles. The largest absolute Gasteiger partial charge is 0.463 e. The quantitative estimate of drug-likeness (QED) is 0.616. The zero-order valence-corrected chi connectivity index (χ0v) is 11.3. The summed E-state index contributed by atoms with van der Waals surface area (Å²) >= 11 is 2.32. The number of carbonyl (C=O) groups is 1. The van der Waals surface area contributed by atoms with Crippen LogP contribution < -0.4 is 0 Å². The Hall–Kier alpha value is -0.840. The first-order valence-electron chi connectivity index (χ1n) is 5.34. The number of hydrogen-bond donors (Lipinski definition) is 0. The fourth-order valence-electron chi connectivity index (χ4n) is 1.87. The van der Waals surface area contributed by atoms with Gasteiger partial charge in [-0.3, -0.25) is 0 Å². The Bertz CT molecular complexity index is 449. The van der Waals surface area contributed by atoms with Gasteiger partial charge in [0.1, 0.15) is 0 Å². The summed E-state index contributed by atoms with van der Waals surface area (Å²) in [7, 11) is 0. The number of benzene rings is 1. The lowest BCUT2D eigenvalue weighted by molar-refractivity contribution is -0.138. The van der Waals surface area contributed by atoms with Crippen LogP contribution in [-0.2, 0) is 22.4 Å². The summed E-state index contributed by atoms with van der Waals surface area (Å²) in [5.74, 6) is -0.173. The SMILES string of the molecule is CCOC(=O)C1=CCc2cccc(I)c2C1. The number of rotatable bonds is 2. The minimum Gasteiger partial charge on any atom is -0.463 e. The Morgan fingerprint density at radius 1 is 1.50 bits per heavy atom. The number of fused-ring (bicyclic) bond motifs is 1. The van der Waals surface area contributed by atoms with Crippen molar-refractivity contribution in [2.24, 2.45) is 0 Å². The summed E-state index contributed by atoms with van der Waals surface area (Å²) in [6.07, 6.45) is 3.52. The maximum absolute atomic E-state index is 11.6. The minimum atomic E-state index is -0.173. The van der Waals surface area contributed by atoms with Crippen LogP contribution in [0.15, 0.2) is 29.8 Å². The molecule has 1 aromatic rings. The molecule has 0 aromatic heterocycles. The molecule has 0 saturated heterocycles. The van der Waals surface area contributed by atoms with Gasteiger partial charge in [0.25, 0.3) is 0 Å². The summed E-state index contributed by atoms with van der Waals surface area (Å²) in [4.78, 5) is 11.6. The van der Waals surface area contributed by atoms with Crippen LogP contribution in [0.1, 0.15) is 18.1 Å². The van der Waals surface area contributed by atoms with Gasteiger partial charge in [0, 0.05) is 15.6 Å². The van der Waals surface area contributed by atoms with Crippen LogP contribution in [0.5, 0.6) is 0 Å². The van der Waals surface area contributed by atoms with Gasteiger partial charge in [-0.1, -0.05) is 18.2 Å². The first-order chi connectivity index (χ1) is 7.72. The molecular weight excluding hydrogens is 315 g/mol. The molecular formula is C13H13IO2. The number of carbonyl (C=O) groups excluding carboxylic acids is 1. The molecule has 2 nitrogen and oxygen atoms in total.